The zero-order valence-electron chi connectivity index (χ0n) is 14.4. The van der Waals surface area contributed by atoms with Crippen molar-refractivity contribution in [3.8, 4) is 23.8 Å². The van der Waals surface area contributed by atoms with Gasteiger partial charge >= 0.3 is 0 Å². The first kappa shape index (κ1) is 18.0. The lowest BCUT2D eigenvalue weighted by atomic mass is 10.1. The van der Waals surface area contributed by atoms with Gasteiger partial charge in [0.25, 0.3) is 5.91 Å². The van der Waals surface area contributed by atoms with E-state index in [4.69, 9.17) is 10.8 Å². The van der Waals surface area contributed by atoms with Crippen molar-refractivity contribution in [3.63, 3.8) is 0 Å². The summed E-state index contributed by atoms with van der Waals surface area (Å²) in [6, 6.07) is 16.1. The molecule has 2 aromatic carbocycles. The van der Waals surface area contributed by atoms with Crippen LogP contribution in [0.3, 0.4) is 0 Å². The Bertz CT molecular complexity index is 987. The fourth-order valence-corrected chi connectivity index (χ4v) is 2.48. The van der Waals surface area contributed by atoms with Gasteiger partial charge in [-0.1, -0.05) is 36.3 Å². The van der Waals surface area contributed by atoms with Gasteiger partial charge in [-0.2, -0.15) is 0 Å². The number of benzene rings is 2. The van der Waals surface area contributed by atoms with Crippen LogP contribution in [-0.4, -0.2) is 23.3 Å². The highest BCUT2D eigenvalue weighted by Crippen LogP contribution is 2.19. The Morgan fingerprint density at radius 2 is 1.81 bits per heavy atom. The number of terminal acetylenes is 1. The number of rotatable bonds is 6. The molecule has 0 saturated carbocycles. The standard InChI is InChI=1S/C21H17N3O3/c1-2-12-22-20(26)17-10-6-7-11-18(17)24-19(25)13-16-14-27-21(23-16)15-8-4-3-5-9-15/h1,3-11,14H,12-13H2,(H,22,26)(H,24,25). The summed E-state index contributed by atoms with van der Waals surface area (Å²) in [5, 5.41) is 5.31. The second kappa shape index (κ2) is 8.50. The molecule has 0 aliphatic rings. The monoisotopic (exact) mass is 359 g/mol. The summed E-state index contributed by atoms with van der Waals surface area (Å²) in [6.45, 7) is 0.113. The largest absolute Gasteiger partial charge is 0.444 e. The summed E-state index contributed by atoms with van der Waals surface area (Å²) in [5.41, 5.74) is 2.08. The van der Waals surface area contributed by atoms with Gasteiger partial charge in [0.1, 0.15) is 6.26 Å². The normalized spacial score (nSPS) is 10.0. The van der Waals surface area contributed by atoms with E-state index in [1.165, 1.54) is 6.26 Å². The molecule has 0 unspecified atom stereocenters. The van der Waals surface area contributed by atoms with E-state index in [1.807, 2.05) is 30.3 Å². The third kappa shape index (κ3) is 4.61. The van der Waals surface area contributed by atoms with Gasteiger partial charge in [-0.3, -0.25) is 9.59 Å². The van der Waals surface area contributed by atoms with Crippen LogP contribution in [-0.2, 0) is 11.2 Å². The molecule has 0 bridgehead atoms. The first-order chi connectivity index (χ1) is 13.2. The molecule has 2 N–H and O–H groups in total. The lowest BCUT2D eigenvalue weighted by Crippen LogP contribution is -2.25. The van der Waals surface area contributed by atoms with Crippen molar-refractivity contribution >= 4 is 17.5 Å². The second-order valence-electron chi connectivity index (χ2n) is 5.67. The number of carbonyl (C=O) groups excluding carboxylic acids is 2. The smallest absolute Gasteiger partial charge is 0.254 e. The molecule has 2 amide bonds. The molecule has 1 aromatic heterocycles. The molecule has 0 spiro atoms. The van der Waals surface area contributed by atoms with Crippen LogP contribution >= 0.6 is 0 Å². The molecule has 1 heterocycles. The van der Waals surface area contributed by atoms with Gasteiger partial charge in [0.2, 0.25) is 11.8 Å². The molecular formula is C21H17N3O3. The Kier molecular flexibility index (Phi) is 5.65. The van der Waals surface area contributed by atoms with E-state index in [1.54, 1.807) is 24.3 Å². The third-order valence-corrected chi connectivity index (χ3v) is 3.71. The topological polar surface area (TPSA) is 84.2 Å². The Hall–Kier alpha value is -3.85. The average Bonchev–Trinajstić information content (AvgIpc) is 3.15. The first-order valence-electron chi connectivity index (χ1n) is 8.27. The highest BCUT2D eigenvalue weighted by Gasteiger charge is 2.14. The summed E-state index contributed by atoms with van der Waals surface area (Å²) in [5.74, 6) is 2.13. The lowest BCUT2D eigenvalue weighted by Gasteiger charge is -2.10. The number of aromatic nitrogens is 1. The van der Waals surface area contributed by atoms with E-state index in [9.17, 15) is 9.59 Å². The van der Waals surface area contributed by atoms with E-state index in [0.717, 1.165) is 5.56 Å². The van der Waals surface area contributed by atoms with E-state index in [2.05, 4.69) is 21.5 Å². The Labute approximate surface area is 156 Å². The van der Waals surface area contributed by atoms with Gasteiger partial charge in [-0.25, -0.2) is 4.98 Å². The Morgan fingerprint density at radius 3 is 2.59 bits per heavy atom. The molecule has 0 aliphatic heterocycles. The van der Waals surface area contributed by atoms with Crippen LogP contribution < -0.4 is 10.6 Å². The van der Waals surface area contributed by atoms with Crippen molar-refractivity contribution in [2.45, 2.75) is 6.42 Å². The molecule has 0 saturated heterocycles. The zero-order valence-corrected chi connectivity index (χ0v) is 14.4. The van der Waals surface area contributed by atoms with Crippen LogP contribution in [0.1, 0.15) is 16.1 Å². The van der Waals surface area contributed by atoms with E-state index in [-0.39, 0.29) is 24.8 Å². The van der Waals surface area contributed by atoms with Crippen molar-refractivity contribution in [3.05, 3.63) is 72.1 Å². The van der Waals surface area contributed by atoms with Gasteiger partial charge in [0.15, 0.2) is 0 Å². The maximum atomic E-state index is 12.4. The zero-order chi connectivity index (χ0) is 19.1. The molecule has 0 radical (unpaired) electrons. The minimum atomic E-state index is -0.350. The molecule has 27 heavy (non-hydrogen) atoms. The Balaban J connectivity index is 1.68. The van der Waals surface area contributed by atoms with Crippen LogP contribution in [0.5, 0.6) is 0 Å². The van der Waals surface area contributed by atoms with Crippen LogP contribution in [0, 0.1) is 12.3 Å². The predicted molar refractivity (Wildman–Crippen MR) is 102 cm³/mol. The molecule has 0 aliphatic carbocycles. The van der Waals surface area contributed by atoms with Crippen LogP contribution in [0.2, 0.25) is 0 Å². The molecule has 0 atom stereocenters. The number of nitrogens with zero attached hydrogens (tertiary/aromatic N) is 1. The number of para-hydroxylation sites is 1. The van der Waals surface area contributed by atoms with Crippen molar-refractivity contribution in [1.29, 1.82) is 0 Å². The van der Waals surface area contributed by atoms with Crippen LogP contribution in [0.25, 0.3) is 11.5 Å². The van der Waals surface area contributed by atoms with Crippen LogP contribution in [0.15, 0.2) is 65.3 Å². The fourth-order valence-electron chi connectivity index (χ4n) is 2.48. The number of carbonyl (C=O) groups is 2. The number of amides is 2. The van der Waals surface area contributed by atoms with Gasteiger partial charge in [0.05, 0.1) is 29.9 Å². The number of nitrogens with one attached hydrogen (secondary N) is 2. The Morgan fingerprint density at radius 1 is 1.07 bits per heavy atom. The maximum Gasteiger partial charge on any atom is 0.254 e. The quantitative estimate of drug-likeness (QED) is 0.663. The van der Waals surface area contributed by atoms with Crippen molar-refractivity contribution < 1.29 is 14.0 Å². The first-order valence-corrected chi connectivity index (χ1v) is 8.27. The molecule has 6 heteroatoms. The van der Waals surface area contributed by atoms with Crippen molar-refractivity contribution in [2.75, 3.05) is 11.9 Å². The number of anilines is 1. The highest BCUT2D eigenvalue weighted by molar-refractivity contribution is 6.04. The van der Waals surface area contributed by atoms with Gasteiger partial charge in [-0.05, 0) is 24.3 Å². The van der Waals surface area contributed by atoms with Crippen molar-refractivity contribution in [2.24, 2.45) is 0 Å². The molecule has 134 valence electrons. The maximum absolute atomic E-state index is 12.4. The lowest BCUT2D eigenvalue weighted by molar-refractivity contribution is -0.115. The van der Waals surface area contributed by atoms with Crippen LogP contribution in [0.4, 0.5) is 5.69 Å². The van der Waals surface area contributed by atoms with Gasteiger partial charge in [-0.15, -0.1) is 6.42 Å². The van der Waals surface area contributed by atoms with E-state index >= 15 is 0 Å². The second-order valence-corrected chi connectivity index (χ2v) is 5.67. The highest BCUT2D eigenvalue weighted by atomic mass is 16.3. The number of hydrogen-bond donors (Lipinski definition) is 2. The van der Waals surface area contributed by atoms with E-state index < -0.39 is 0 Å². The van der Waals surface area contributed by atoms with E-state index in [0.29, 0.717) is 22.8 Å². The third-order valence-electron chi connectivity index (χ3n) is 3.71. The average molecular weight is 359 g/mol. The molecule has 6 nitrogen and oxygen atoms in total. The summed E-state index contributed by atoms with van der Waals surface area (Å²) < 4.78 is 5.43. The number of hydrogen-bond acceptors (Lipinski definition) is 4. The minimum Gasteiger partial charge on any atom is -0.444 e. The summed E-state index contributed by atoms with van der Waals surface area (Å²) in [6.07, 6.45) is 6.63. The molecule has 3 aromatic rings. The minimum absolute atomic E-state index is 0.0244. The predicted octanol–water partition coefficient (Wildman–Crippen LogP) is 2.89. The molecule has 0 fully saturated rings. The summed E-state index contributed by atoms with van der Waals surface area (Å²) in [4.78, 5) is 28.8. The summed E-state index contributed by atoms with van der Waals surface area (Å²) in [7, 11) is 0. The summed E-state index contributed by atoms with van der Waals surface area (Å²) >= 11 is 0. The van der Waals surface area contributed by atoms with Gasteiger partial charge in [0, 0.05) is 5.56 Å². The SMILES string of the molecule is C#CCNC(=O)c1ccccc1NC(=O)Cc1coc(-c2ccccc2)n1. The number of oxazole rings is 1. The molecule has 3 rings (SSSR count). The van der Waals surface area contributed by atoms with Gasteiger partial charge < -0.3 is 15.1 Å². The fraction of sp³-hybridized carbons (Fsp3) is 0.0952. The van der Waals surface area contributed by atoms with Crippen molar-refractivity contribution in [1.82, 2.24) is 10.3 Å². The molecular weight excluding hydrogens is 342 g/mol.